The highest BCUT2D eigenvalue weighted by Gasteiger charge is 2.33. The second kappa shape index (κ2) is 6.38. The maximum Gasteiger partial charge on any atom is 0.0499 e. The molecule has 2 saturated carbocycles. The lowest BCUT2D eigenvalue weighted by atomic mass is 9.73. The van der Waals surface area contributed by atoms with Gasteiger partial charge in [-0.1, -0.05) is 39.5 Å². The monoisotopic (exact) mass is 253 g/mol. The molecule has 2 heteroatoms. The minimum Gasteiger partial charge on any atom is -0.396 e. The molecule has 3 unspecified atom stereocenters. The Balaban J connectivity index is 1.84. The molecule has 2 nitrogen and oxygen atoms in total. The summed E-state index contributed by atoms with van der Waals surface area (Å²) in [5.74, 6) is 1.68. The normalized spacial score (nSPS) is 36.5. The van der Waals surface area contributed by atoms with Crippen LogP contribution in [0, 0.1) is 17.3 Å². The smallest absolute Gasteiger partial charge is 0.0499 e. The zero-order valence-electron chi connectivity index (χ0n) is 12.3. The summed E-state index contributed by atoms with van der Waals surface area (Å²) in [6, 6.07) is 0.680. The first-order chi connectivity index (χ1) is 8.65. The molecule has 0 radical (unpaired) electrons. The highest BCUT2D eigenvalue weighted by molar-refractivity contribution is 4.88. The van der Waals surface area contributed by atoms with Crippen molar-refractivity contribution in [2.75, 3.05) is 13.2 Å². The zero-order valence-corrected chi connectivity index (χ0v) is 12.3. The maximum atomic E-state index is 9.75. The Morgan fingerprint density at radius 2 is 1.83 bits per heavy atom. The molecule has 0 aromatic carbocycles. The molecule has 0 saturated heterocycles. The van der Waals surface area contributed by atoms with Gasteiger partial charge in [0.15, 0.2) is 0 Å². The van der Waals surface area contributed by atoms with Crippen LogP contribution in [0.1, 0.15) is 65.2 Å². The average Bonchev–Trinajstić information content (AvgIpc) is 2.41. The molecule has 0 amide bonds. The van der Waals surface area contributed by atoms with Crippen LogP contribution in [0.3, 0.4) is 0 Å². The molecule has 2 aliphatic carbocycles. The fourth-order valence-corrected chi connectivity index (χ4v) is 3.86. The molecule has 0 heterocycles. The Morgan fingerprint density at radius 3 is 2.50 bits per heavy atom. The van der Waals surface area contributed by atoms with Crippen molar-refractivity contribution in [1.29, 1.82) is 0 Å². The minimum atomic E-state index is 0.193. The van der Waals surface area contributed by atoms with E-state index in [0.717, 1.165) is 18.4 Å². The molecule has 18 heavy (non-hydrogen) atoms. The van der Waals surface area contributed by atoms with Crippen LogP contribution in [0.25, 0.3) is 0 Å². The molecule has 106 valence electrons. The van der Waals surface area contributed by atoms with Gasteiger partial charge < -0.3 is 10.4 Å². The van der Waals surface area contributed by atoms with Crippen LogP contribution in [-0.2, 0) is 0 Å². The van der Waals surface area contributed by atoms with Crippen LogP contribution in [0.2, 0.25) is 0 Å². The topological polar surface area (TPSA) is 32.3 Å². The Labute approximate surface area is 113 Å². The van der Waals surface area contributed by atoms with Crippen molar-refractivity contribution in [3.63, 3.8) is 0 Å². The molecular weight excluding hydrogens is 222 g/mol. The Morgan fingerprint density at radius 1 is 1.11 bits per heavy atom. The van der Waals surface area contributed by atoms with Crippen molar-refractivity contribution >= 4 is 0 Å². The van der Waals surface area contributed by atoms with Gasteiger partial charge in [-0.25, -0.2) is 0 Å². The average molecular weight is 253 g/mol. The van der Waals surface area contributed by atoms with E-state index in [1.165, 1.54) is 51.4 Å². The van der Waals surface area contributed by atoms with Crippen LogP contribution in [0.15, 0.2) is 0 Å². The van der Waals surface area contributed by atoms with Crippen LogP contribution in [0.4, 0.5) is 0 Å². The van der Waals surface area contributed by atoms with Gasteiger partial charge in [-0.15, -0.1) is 0 Å². The van der Waals surface area contributed by atoms with E-state index in [9.17, 15) is 5.11 Å². The van der Waals surface area contributed by atoms with Crippen molar-refractivity contribution in [2.45, 2.75) is 71.3 Å². The van der Waals surface area contributed by atoms with Gasteiger partial charge in [-0.2, -0.15) is 0 Å². The van der Waals surface area contributed by atoms with Crippen molar-refractivity contribution in [2.24, 2.45) is 17.3 Å². The summed E-state index contributed by atoms with van der Waals surface area (Å²) in [7, 11) is 0. The minimum absolute atomic E-state index is 0.193. The second-order valence-electron chi connectivity index (χ2n) is 7.10. The molecule has 2 aliphatic rings. The zero-order chi connectivity index (χ0) is 13.0. The van der Waals surface area contributed by atoms with Crippen molar-refractivity contribution in [1.82, 2.24) is 5.32 Å². The number of aliphatic hydroxyl groups is 1. The van der Waals surface area contributed by atoms with Gasteiger partial charge in [0.1, 0.15) is 0 Å². The highest BCUT2D eigenvalue weighted by Crippen LogP contribution is 2.36. The van der Waals surface area contributed by atoms with E-state index in [2.05, 4.69) is 19.2 Å². The third kappa shape index (κ3) is 3.48. The Hall–Kier alpha value is -0.0800. The number of rotatable bonds is 4. The van der Waals surface area contributed by atoms with E-state index in [-0.39, 0.29) is 5.41 Å². The Bertz CT molecular complexity index is 247. The van der Waals surface area contributed by atoms with Crippen LogP contribution < -0.4 is 5.32 Å². The predicted molar refractivity (Wildman–Crippen MR) is 76.6 cm³/mol. The van der Waals surface area contributed by atoms with Crippen LogP contribution in [0.5, 0.6) is 0 Å². The van der Waals surface area contributed by atoms with Crippen LogP contribution in [-0.4, -0.2) is 24.3 Å². The first-order valence-electron chi connectivity index (χ1n) is 7.99. The van der Waals surface area contributed by atoms with E-state index in [0.29, 0.717) is 12.6 Å². The predicted octanol–water partition coefficient (Wildman–Crippen LogP) is 3.34. The van der Waals surface area contributed by atoms with Gasteiger partial charge in [0, 0.05) is 24.6 Å². The summed E-state index contributed by atoms with van der Waals surface area (Å²) in [6.45, 7) is 6.17. The molecule has 0 spiro atoms. The summed E-state index contributed by atoms with van der Waals surface area (Å²) < 4.78 is 0. The van der Waals surface area contributed by atoms with Crippen molar-refractivity contribution in [3.8, 4) is 0 Å². The van der Waals surface area contributed by atoms with Crippen LogP contribution >= 0.6 is 0 Å². The third-order valence-corrected chi connectivity index (χ3v) is 5.45. The number of hydrogen-bond acceptors (Lipinski definition) is 2. The summed E-state index contributed by atoms with van der Waals surface area (Å²) >= 11 is 0. The molecule has 2 rings (SSSR count). The molecule has 2 N–H and O–H groups in total. The standard InChI is InChI=1S/C16H31NO/c1-13-6-7-14(2)15(10-13)17-11-16(12-18)8-4-3-5-9-16/h13-15,17-18H,3-12H2,1-2H3. The highest BCUT2D eigenvalue weighted by atomic mass is 16.3. The molecule has 2 fully saturated rings. The maximum absolute atomic E-state index is 9.75. The largest absolute Gasteiger partial charge is 0.396 e. The first-order valence-corrected chi connectivity index (χ1v) is 7.99. The fourth-order valence-electron chi connectivity index (χ4n) is 3.86. The SMILES string of the molecule is CC1CCC(C)C(NCC2(CO)CCCCC2)C1. The lowest BCUT2D eigenvalue weighted by Crippen LogP contribution is -2.47. The summed E-state index contributed by atoms with van der Waals surface area (Å²) in [5.41, 5.74) is 0.193. The van der Waals surface area contributed by atoms with Crippen molar-refractivity contribution in [3.05, 3.63) is 0 Å². The van der Waals surface area contributed by atoms with E-state index in [1.807, 2.05) is 0 Å². The van der Waals surface area contributed by atoms with E-state index in [1.54, 1.807) is 0 Å². The first kappa shape index (κ1) is 14.3. The molecular formula is C16H31NO. The van der Waals surface area contributed by atoms with Crippen molar-refractivity contribution < 1.29 is 5.11 Å². The van der Waals surface area contributed by atoms with Gasteiger partial charge in [0.25, 0.3) is 0 Å². The molecule has 3 atom stereocenters. The molecule has 0 aromatic heterocycles. The third-order valence-electron chi connectivity index (χ3n) is 5.45. The van der Waals surface area contributed by atoms with Gasteiger partial charge in [-0.3, -0.25) is 0 Å². The van der Waals surface area contributed by atoms with Gasteiger partial charge in [-0.05, 0) is 37.5 Å². The summed E-state index contributed by atoms with van der Waals surface area (Å²) in [5, 5.41) is 13.6. The number of hydrogen-bond donors (Lipinski definition) is 2. The summed E-state index contributed by atoms with van der Waals surface area (Å²) in [6.07, 6.45) is 10.5. The van der Waals surface area contributed by atoms with Gasteiger partial charge in [0.2, 0.25) is 0 Å². The van der Waals surface area contributed by atoms with E-state index in [4.69, 9.17) is 0 Å². The quantitative estimate of drug-likeness (QED) is 0.805. The van der Waals surface area contributed by atoms with E-state index < -0.39 is 0 Å². The Kier molecular flexibility index (Phi) is 5.08. The number of nitrogens with one attached hydrogen (secondary N) is 1. The van der Waals surface area contributed by atoms with Gasteiger partial charge >= 0.3 is 0 Å². The lowest BCUT2D eigenvalue weighted by Gasteiger charge is -2.40. The molecule has 0 aromatic rings. The van der Waals surface area contributed by atoms with Gasteiger partial charge in [0.05, 0.1) is 0 Å². The number of aliphatic hydroxyl groups excluding tert-OH is 1. The second-order valence-corrected chi connectivity index (χ2v) is 7.10. The lowest BCUT2D eigenvalue weighted by molar-refractivity contribution is 0.0715. The molecule has 0 bridgehead atoms. The summed E-state index contributed by atoms with van der Waals surface area (Å²) in [4.78, 5) is 0. The van der Waals surface area contributed by atoms with E-state index >= 15 is 0 Å². The molecule has 0 aliphatic heterocycles. The fraction of sp³-hybridized carbons (Fsp3) is 1.00.